The van der Waals surface area contributed by atoms with Gasteiger partial charge in [-0.25, -0.2) is 0 Å². The average Bonchev–Trinajstić information content (AvgIpc) is 1.93. The molecule has 1 fully saturated rings. The third-order valence-electron chi connectivity index (χ3n) is 1.86. The summed E-state index contributed by atoms with van der Waals surface area (Å²) in [5.41, 5.74) is 0.575. The lowest BCUT2D eigenvalue weighted by molar-refractivity contribution is -0.143. The van der Waals surface area contributed by atoms with Crippen LogP contribution in [0.25, 0.3) is 0 Å². The van der Waals surface area contributed by atoms with Gasteiger partial charge in [-0.3, -0.25) is 4.79 Å². The molecule has 1 rings (SSSR count). The Labute approximate surface area is 66.2 Å². The van der Waals surface area contributed by atoms with E-state index in [2.05, 4.69) is 0 Å². The number of esters is 1. The summed E-state index contributed by atoms with van der Waals surface area (Å²) in [5, 5.41) is 7.46. The van der Waals surface area contributed by atoms with Gasteiger partial charge in [-0.15, -0.1) is 0 Å². The zero-order valence-corrected chi connectivity index (χ0v) is 6.72. The van der Waals surface area contributed by atoms with Gasteiger partial charge in [0.15, 0.2) is 0 Å². The Morgan fingerprint density at radius 1 is 1.64 bits per heavy atom. The second-order valence-electron chi connectivity index (χ2n) is 2.87. The number of hydrogen-bond donors (Lipinski definition) is 1. The van der Waals surface area contributed by atoms with Crippen LogP contribution < -0.4 is 0 Å². The van der Waals surface area contributed by atoms with Gasteiger partial charge in [0.2, 0.25) is 0 Å². The minimum Gasteiger partial charge on any atom is -0.456 e. The van der Waals surface area contributed by atoms with Gasteiger partial charge in [0, 0.05) is 12.6 Å². The Kier molecular flexibility index (Phi) is 2.63. The summed E-state index contributed by atoms with van der Waals surface area (Å²) >= 11 is 0. The third-order valence-corrected chi connectivity index (χ3v) is 1.86. The van der Waals surface area contributed by atoms with Crippen molar-refractivity contribution in [1.29, 1.82) is 5.41 Å². The maximum atomic E-state index is 10.5. The molecule has 0 saturated heterocycles. The van der Waals surface area contributed by atoms with Gasteiger partial charge in [-0.2, -0.15) is 0 Å². The predicted octanol–water partition coefficient (Wildman–Crippen LogP) is 1.51. The molecule has 1 N–H and O–H groups in total. The first kappa shape index (κ1) is 8.24. The van der Waals surface area contributed by atoms with Gasteiger partial charge in [-0.05, 0) is 25.7 Å². The summed E-state index contributed by atoms with van der Waals surface area (Å²) < 4.78 is 4.94. The Morgan fingerprint density at radius 3 is 2.91 bits per heavy atom. The molecule has 1 aliphatic rings. The third kappa shape index (κ3) is 2.33. The minimum absolute atomic E-state index is 0.221. The fraction of sp³-hybridized carbons (Fsp3) is 0.750. The molecule has 3 nitrogen and oxygen atoms in total. The molecule has 0 bridgehead atoms. The Morgan fingerprint density at radius 2 is 2.36 bits per heavy atom. The molecule has 0 spiro atoms. The van der Waals surface area contributed by atoms with E-state index in [0.717, 1.165) is 25.7 Å². The molecule has 62 valence electrons. The molecule has 1 saturated carbocycles. The predicted molar refractivity (Wildman–Crippen MR) is 41.7 cm³/mol. The topological polar surface area (TPSA) is 50.2 Å². The van der Waals surface area contributed by atoms with E-state index in [4.69, 9.17) is 10.1 Å². The van der Waals surface area contributed by atoms with Crippen LogP contribution in [0, 0.1) is 5.41 Å². The molecule has 3 heteroatoms. The van der Waals surface area contributed by atoms with Gasteiger partial charge in [0.25, 0.3) is 0 Å². The van der Waals surface area contributed by atoms with Crippen LogP contribution in [0.1, 0.15) is 32.6 Å². The standard InChI is InChI=1S/C8H13NO2/c1-6(10)11-8-5-3-2-4-7(8)9/h8-9H,2-5H2,1H3. The van der Waals surface area contributed by atoms with E-state index in [1.807, 2.05) is 0 Å². The molecule has 0 radical (unpaired) electrons. The molecular formula is C8H13NO2. The Hall–Kier alpha value is -0.860. The summed E-state index contributed by atoms with van der Waals surface area (Å²) in [6, 6.07) is 0. The lowest BCUT2D eigenvalue weighted by atomic mass is 9.96. The highest BCUT2D eigenvalue weighted by atomic mass is 16.5. The van der Waals surface area contributed by atoms with Gasteiger partial charge >= 0.3 is 5.97 Å². The van der Waals surface area contributed by atoms with E-state index in [9.17, 15) is 4.79 Å². The monoisotopic (exact) mass is 155 g/mol. The largest absolute Gasteiger partial charge is 0.456 e. The fourth-order valence-electron chi connectivity index (χ4n) is 1.31. The van der Waals surface area contributed by atoms with Crippen molar-refractivity contribution in [2.24, 2.45) is 0 Å². The normalized spacial score (nSPS) is 24.8. The SMILES string of the molecule is CC(=O)OC1CCCCC1=N. The summed E-state index contributed by atoms with van der Waals surface area (Å²) in [6.07, 6.45) is 3.54. The smallest absolute Gasteiger partial charge is 0.303 e. The van der Waals surface area contributed by atoms with Crippen molar-refractivity contribution in [3.8, 4) is 0 Å². The molecule has 1 aliphatic carbocycles. The Bertz CT molecular complexity index is 177. The van der Waals surface area contributed by atoms with Crippen LogP contribution in [-0.2, 0) is 9.53 Å². The zero-order valence-electron chi connectivity index (χ0n) is 6.72. The zero-order chi connectivity index (χ0) is 8.27. The van der Waals surface area contributed by atoms with Crippen molar-refractivity contribution >= 4 is 11.7 Å². The van der Waals surface area contributed by atoms with E-state index in [0.29, 0.717) is 5.71 Å². The average molecular weight is 155 g/mol. The number of hydrogen-bond acceptors (Lipinski definition) is 3. The first-order chi connectivity index (χ1) is 5.20. The first-order valence-corrected chi connectivity index (χ1v) is 3.94. The molecule has 0 aromatic carbocycles. The van der Waals surface area contributed by atoms with E-state index >= 15 is 0 Å². The highest BCUT2D eigenvalue weighted by Gasteiger charge is 2.20. The quantitative estimate of drug-likeness (QED) is 0.583. The van der Waals surface area contributed by atoms with Crippen LogP contribution in [0.3, 0.4) is 0 Å². The van der Waals surface area contributed by atoms with E-state index in [1.54, 1.807) is 0 Å². The molecule has 0 amide bonds. The molecule has 1 unspecified atom stereocenters. The fourth-order valence-corrected chi connectivity index (χ4v) is 1.31. The molecule has 0 aliphatic heterocycles. The second-order valence-corrected chi connectivity index (χ2v) is 2.87. The van der Waals surface area contributed by atoms with Crippen LogP contribution in [0.5, 0.6) is 0 Å². The maximum Gasteiger partial charge on any atom is 0.303 e. The van der Waals surface area contributed by atoms with Crippen molar-refractivity contribution in [2.45, 2.75) is 38.7 Å². The van der Waals surface area contributed by atoms with Crippen LogP contribution in [0.15, 0.2) is 0 Å². The number of carbonyl (C=O) groups is 1. The molecule has 11 heavy (non-hydrogen) atoms. The van der Waals surface area contributed by atoms with Crippen LogP contribution >= 0.6 is 0 Å². The molecule has 0 aromatic rings. The van der Waals surface area contributed by atoms with E-state index < -0.39 is 0 Å². The molecule has 1 atom stereocenters. The summed E-state index contributed by atoms with van der Waals surface area (Å²) in [7, 11) is 0. The molecule has 0 heterocycles. The van der Waals surface area contributed by atoms with Crippen LogP contribution in [0.2, 0.25) is 0 Å². The Balaban J connectivity index is 2.42. The first-order valence-electron chi connectivity index (χ1n) is 3.94. The van der Waals surface area contributed by atoms with Crippen molar-refractivity contribution in [3.63, 3.8) is 0 Å². The van der Waals surface area contributed by atoms with Crippen LogP contribution in [-0.4, -0.2) is 17.8 Å². The van der Waals surface area contributed by atoms with Crippen molar-refractivity contribution < 1.29 is 9.53 Å². The van der Waals surface area contributed by atoms with Crippen LogP contribution in [0.4, 0.5) is 0 Å². The van der Waals surface area contributed by atoms with Gasteiger partial charge < -0.3 is 10.1 Å². The minimum atomic E-state index is -0.276. The van der Waals surface area contributed by atoms with E-state index in [-0.39, 0.29) is 12.1 Å². The van der Waals surface area contributed by atoms with Crippen molar-refractivity contribution in [1.82, 2.24) is 0 Å². The lowest BCUT2D eigenvalue weighted by Gasteiger charge is -2.21. The summed E-state index contributed by atoms with van der Waals surface area (Å²) in [4.78, 5) is 10.5. The molecule has 0 aromatic heterocycles. The number of ether oxygens (including phenoxy) is 1. The van der Waals surface area contributed by atoms with Gasteiger partial charge in [0.05, 0.1) is 0 Å². The van der Waals surface area contributed by atoms with Gasteiger partial charge in [0.1, 0.15) is 6.10 Å². The van der Waals surface area contributed by atoms with Gasteiger partial charge in [-0.1, -0.05) is 0 Å². The number of carbonyl (C=O) groups excluding carboxylic acids is 1. The van der Waals surface area contributed by atoms with E-state index in [1.165, 1.54) is 6.92 Å². The summed E-state index contributed by atoms with van der Waals surface area (Å²) in [5.74, 6) is -0.276. The van der Waals surface area contributed by atoms with Crippen molar-refractivity contribution in [3.05, 3.63) is 0 Å². The highest BCUT2D eigenvalue weighted by molar-refractivity contribution is 5.88. The summed E-state index contributed by atoms with van der Waals surface area (Å²) in [6.45, 7) is 1.39. The number of rotatable bonds is 1. The highest BCUT2D eigenvalue weighted by Crippen LogP contribution is 2.17. The maximum absolute atomic E-state index is 10.5. The second kappa shape index (κ2) is 3.51. The number of nitrogens with one attached hydrogen (secondary N) is 1. The molecular weight excluding hydrogens is 142 g/mol. The lowest BCUT2D eigenvalue weighted by Crippen LogP contribution is -2.28. The van der Waals surface area contributed by atoms with Crippen molar-refractivity contribution in [2.75, 3.05) is 0 Å².